The van der Waals surface area contributed by atoms with E-state index in [1.54, 1.807) is 0 Å². The number of nitrogens with zero attached hydrogens (tertiary/aromatic N) is 2. The molecule has 26 heavy (non-hydrogen) atoms. The average Bonchev–Trinajstić information content (AvgIpc) is 2.63. The molecule has 0 bridgehead atoms. The molecule has 2 rings (SSSR count). The van der Waals surface area contributed by atoms with Gasteiger partial charge in [0, 0.05) is 38.3 Å². The highest BCUT2D eigenvalue weighted by Gasteiger charge is 2.28. The first-order valence-electron chi connectivity index (χ1n) is 9.84. The molecule has 1 fully saturated rings. The summed E-state index contributed by atoms with van der Waals surface area (Å²) < 4.78 is 5.50. The number of nitrogens with one attached hydrogen (secondary N) is 1. The summed E-state index contributed by atoms with van der Waals surface area (Å²) in [5.74, 6) is 1.06. The van der Waals surface area contributed by atoms with E-state index in [0.717, 1.165) is 44.9 Å². The molecule has 1 saturated heterocycles. The summed E-state index contributed by atoms with van der Waals surface area (Å²) in [5, 5.41) is 3.16. The predicted molar refractivity (Wildman–Crippen MR) is 106 cm³/mol. The summed E-state index contributed by atoms with van der Waals surface area (Å²) in [7, 11) is 0. The molecule has 1 amide bonds. The minimum absolute atomic E-state index is 0.0755. The Morgan fingerprint density at radius 3 is 2.31 bits per heavy atom. The fourth-order valence-electron chi connectivity index (χ4n) is 3.12. The van der Waals surface area contributed by atoms with E-state index in [-0.39, 0.29) is 17.5 Å². The maximum Gasteiger partial charge on any atom is 0.237 e. The molecule has 0 radical (unpaired) electrons. The van der Waals surface area contributed by atoms with Crippen LogP contribution in [0.25, 0.3) is 0 Å². The molecule has 146 valence electrons. The zero-order chi connectivity index (χ0) is 19.2. The number of carbonyl (C=O) groups excluding carboxylic acids is 1. The molecule has 1 heterocycles. The Labute approximate surface area is 158 Å². The number of piperazine rings is 1. The molecule has 1 aliphatic rings. The molecule has 1 aromatic rings. The molecule has 1 aromatic carbocycles. The van der Waals surface area contributed by atoms with Gasteiger partial charge in [0.2, 0.25) is 5.91 Å². The molecule has 5 nitrogen and oxygen atoms in total. The van der Waals surface area contributed by atoms with Gasteiger partial charge in [0.15, 0.2) is 0 Å². The van der Waals surface area contributed by atoms with Gasteiger partial charge in [-0.3, -0.25) is 14.6 Å². The van der Waals surface area contributed by atoms with Crippen molar-refractivity contribution in [3.05, 3.63) is 29.8 Å². The molecule has 0 spiro atoms. The van der Waals surface area contributed by atoms with Crippen molar-refractivity contribution in [2.75, 3.05) is 32.8 Å². The molecular formula is C21H35N3O2. The number of ether oxygens (including phenoxy) is 1. The number of amides is 1. The van der Waals surface area contributed by atoms with E-state index in [0.29, 0.717) is 6.61 Å². The van der Waals surface area contributed by atoms with Crippen molar-refractivity contribution in [3.63, 3.8) is 0 Å². The second kappa shape index (κ2) is 9.38. The van der Waals surface area contributed by atoms with Crippen LogP contribution < -0.4 is 10.1 Å². The van der Waals surface area contributed by atoms with Gasteiger partial charge in [-0.25, -0.2) is 0 Å². The number of hydrogen-bond donors (Lipinski definition) is 1. The zero-order valence-electron chi connectivity index (χ0n) is 17.0. The molecule has 0 saturated carbocycles. The summed E-state index contributed by atoms with van der Waals surface area (Å²) in [6.45, 7) is 15.7. The van der Waals surface area contributed by atoms with Gasteiger partial charge in [-0.15, -0.1) is 0 Å². The first kappa shape index (κ1) is 20.7. The molecule has 1 unspecified atom stereocenters. The number of benzene rings is 1. The van der Waals surface area contributed by atoms with Gasteiger partial charge >= 0.3 is 0 Å². The highest BCUT2D eigenvalue weighted by atomic mass is 16.5. The van der Waals surface area contributed by atoms with Gasteiger partial charge in [0.25, 0.3) is 0 Å². The Bertz CT molecular complexity index is 563. The van der Waals surface area contributed by atoms with Crippen molar-refractivity contribution in [2.24, 2.45) is 0 Å². The number of hydrogen-bond acceptors (Lipinski definition) is 4. The number of carbonyl (C=O) groups is 1. The lowest BCUT2D eigenvalue weighted by Crippen LogP contribution is -2.56. The smallest absolute Gasteiger partial charge is 0.237 e. The summed E-state index contributed by atoms with van der Waals surface area (Å²) in [4.78, 5) is 17.2. The van der Waals surface area contributed by atoms with E-state index < -0.39 is 0 Å². The van der Waals surface area contributed by atoms with Crippen LogP contribution in [0.3, 0.4) is 0 Å². The van der Waals surface area contributed by atoms with Crippen molar-refractivity contribution < 1.29 is 9.53 Å². The Morgan fingerprint density at radius 1 is 1.15 bits per heavy atom. The van der Waals surface area contributed by atoms with E-state index in [9.17, 15) is 4.79 Å². The van der Waals surface area contributed by atoms with Gasteiger partial charge in [-0.2, -0.15) is 0 Å². The van der Waals surface area contributed by atoms with Crippen molar-refractivity contribution in [3.8, 4) is 5.75 Å². The molecular weight excluding hydrogens is 326 g/mol. The largest absolute Gasteiger partial charge is 0.494 e. The monoisotopic (exact) mass is 361 g/mol. The third-order valence-electron chi connectivity index (χ3n) is 5.32. The van der Waals surface area contributed by atoms with Crippen LogP contribution in [0.4, 0.5) is 0 Å². The Kier molecular flexibility index (Phi) is 7.47. The normalized spacial score (nSPS) is 17.7. The molecule has 5 heteroatoms. The Morgan fingerprint density at radius 2 is 1.77 bits per heavy atom. The molecule has 0 aromatic heterocycles. The van der Waals surface area contributed by atoms with Gasteiger partial charge in [-0.05, 0) is 51.8 Å². The second-order valence-electron chi connectivity index (χ2n) is 7.79. The van der Waals surface area contributed by atoms with Crippen LogP contribution in [-0.4, -0.2) is 60.1 Å². The maximum absolute atomic E-state index is 12.5. The van der Waals surface area contributed by atoms with Gasteiger partial charge in [-0.1, -0.05) is 19.1 Å². The van der Waals surface area contributed by atoms with Crippen LogP contribution in [0, 0.1) is 0 Å². The maximum atomic E-state index is 12.5. The summed E-state index contributed by atoms with van der Waals surface area (Å²) in [5.41, 5.74) is 1.17. The molecule has 1 aliphatic heterocycles. The first-order valence-corrected chi connectivity index (χ1v) is 9.84. The fourth-order valence-corrected chi connectivity index (χ4v) is 3.12. The summed E-state index contributed by atoms with van der Waals surface area (Å²) >= 11 is 0. The minimum atomic E-state index is -0.138. The number of rotatable bonds is 8. The average molecular weight is 362 g/mol. The van der Waals surface area contributed by atoms with E-state index in [1.807, 2.05) is 26.0 Å². The lowest BCUT2D eigenvalue weighted by molar-refractivity contribution is -0.128. The molecule has 1 N–H and O–H groups in total. The third-order valence-corrected chi connectivity index (χ3v) is 5.32. The quantitative estimate of drug-likeness (QED) is 0.773. The highest BCUT2D eigenvalue weighted by molar-refractivity contribution is 5.82. The van der Waals surface area contributed by atoms with Crippen molar-refractivity contribution in [1.29, 1.82) is 0 Å². The van der Waals surface area contributed by atoms with E-state index in [2.05, 4.69) is 48.0 Å². The molecule has 0 aliphatic carbocycles. The third kappa shape index (κ3) is 5.99. The van der Waals surface area contributed by atoms with Crippen molar-refractivity contribution >= 4 is 5.91 Å². The summed E-state index contributed by atoms with van der Waals surface area (Å²) in [6, 6.07) is 8.28. The fraction of sp³-hybridized carbons (Fsp3) is 0.667. The lowest BCUT2D eigenvalue weighted by Gasteiger charge is -2.38. The van der Waals surface area contributed by atoms with E-state index in [4.69, 9.17) is 4.74 Å². The van der Waals surface area contributed by atoms with Crippen LogP contribution >= 0.6 is 0 Å². The van der Waals surface area contributed by atoms with Gasteiger partial charge < -0.3 is 10.1 Å². The Balaban J connectivity index is 1.80. The van der Waals surface area contributed by atoms with E-state index in [1.165, 1.54) is 5.56 Å². The standard InChI is InChI=1S/C21H35N3O2/c1-6-21(4,5)22-20(25)17(3)24-14-12-23(13-15-24)16-18-8-10-19(11-9-18)26-7-2/h8-11,17H,6-7,12-16H2,1-5H3,(H,22,25). The van der Waals surface area contributed by atoms with E-state index >= 15 is 0 Å². The van der Waals surface area contributed by atoms with Crippen LogP contribution in [0.5, 0.6) is 5.75 Å². The van der Waals surface area contributed by atoms with Crippen LogP contribution in [0.2, 0.25) is 0 Å². The van der Waals surface area contributed by atoms with Crippen molar-refractivity contribution in [2.45, 2.75) is 59.2 Å². The van der Waals surface area contributed by atoms with Crippen molar-refractivity contribution in [1.82, 2.24) is 15.1 Å². The highest BCUT2D eigenvalue weighted by Crippen LogP contribution is 2.16. The Hall–Kier alpha value is -1.59. The predicted octanol–water partition coefficient (Wildman–Crippen LogP) is 2.90. The molecule has 1 atom stereocenters. The van der Waals surface area contributed by atoms with Gasteiger partial charge in [0.05, 0.1) is 12.6 Å². The van der Waals surface area contributed by atoms with Crippen LogP contribution in [0.15, 0.2) is 24.3 Å². The zero-order valence-corrected chi connectivity index (χ0v) is 17.0. The van der Waals surface area contributed by atoms with Crippen LogP contribution in [-0.2, 0) is 11.3 Å². The first-order chi connectivity index (χ1) is 12.3. The topological polar surface area (TPSA) is 44.8 Å². The minimum Gasteiger partial charge on any atom is -0.494 e. The van der Waals surface area contributed by atoms with Crippen LogP contribution in [0.1, 0.15) is 46.6 Å². The van der Waals surface area contributed by atoms with Gasteiger partial charge in [0.1, 0.15) is 5.75 Å². The second-order valence-corrected chi connectivity index (χ2v) is 7.79. The SMILES string of the molecule is CCOc1ccc(CN2CCN(C(C)C(=O)NC(C)(C)CC)CC2)cc1. The summed E-state index contributed by atoms with van der Waals surface area (Å²) in [6.07, 6.45) is 0.932. The lowest BCUT2D eigenvalue weighted by atomic mass is 10.0.